The maximum Gasteiger partial charge on any atom is 0.126 e. The highest BCUT2D eigenvalue weighted by Gasteiger charge is 2.18. The van der Waals surface area contributed by atoms with Crippen molar-refractivity contribution in [3.63, 3.8) is 0 Å². The largest absolute Gasteiger partial charge is 0.374 e. The number of aromatic nitrogens is 1. The Morgan fingerprint density at radius 2 is 2.39 bits per heavy atom. The van der Waals surface area contributed by atoms with Gasteiger partial charge in [0.15, 0.2) is 0 Å². The summed E-state index contributed by atoms with van der Waals surface area (Å²) >= 11 is 0. The van der Waals surface area contributed by atoms with E-state index in [0.29, 0.717) is 0 Å². The highest BCUT2D eigenvalue weighted by Crippen LogP contribution is 2.21. The molecular formula is C14H21N3O. The first-order valence-electron chi connectivity index (χ1n) is 6.84. The average molecular weight is 247 g/mol. The van der Waals surface area contributed by atoms with Crippen molar-refractivity contribution in [1.82, 2.24) is 9.88 Å². The third kappa shape index (κ3) is 2.65. The lowest BCUT2D eigenvalue weighted by atomic mass is 10.2. The number of ether oxygens (including phenoxy) is 1. The van der Waals surface area contributed by atoms with Gasteiger partial charge in [0, 0.05) is 25.3 Å². The highest BCUT2D eigenvalue weighted by molar-refractivity contribution is 5.40. The third-order valence-electron chi connectivity index (χ3n) is 3.78. The topological polar surface area (TPSA) is 37.4 Å². The van der Waals surface area contributed by atoms with Gasteiger partial charge in [-0.15, -0.1) is 0 Å². The van der Waals surface area contributed by atoms with Gasteiger partial charge in [0.2, 0.25) is 0 Å². The van der Waals surface area contributed by atoms with Gasteiger partial charge in [-0.1, -0.05) is 6.07 Å². The molecular weight excluding hydrogens is 226 g/mol. The van der Waals surface area contributed by atoms with Gasteiger partial charge in [0.05, 0.1) is 12.7 Å². The Labute approximate surface area is 108 Å². The van der Waals surface area contributed by atoms with E-state index < -0.39 is 0 Å². The molecule has 1 aliphatic heterocycles. The number of fused-ring (bicyclic) bond motifs is 1. The summed E-state index contributed by atoms with van der Waals surface area (Å²) in [5.74, 6) is 0.993. The van der Waals surface area contributed by atoms with Crippen molar-refractivity contribution in [2.24, 2.45) is 0 Å². The van der Waals surface area contributed by atoms with Crippen LogP contribution in [0.3, 0.4) is 0 Å². The molecule has 1 unspecified atom stereocenters. The number of anilines is 1. The minimum Gasteiger partial charge on any atom is -0.374 e. The van der Waals surface area contributed by atoms with Gasteiger partial charge in [-0.3, -0.25) is 0 Å². The number of aryl methyl sites for hydroxylation is 2. The molecule has 98 valence electrons. The molecule has 2 aliphatic rings. The molecule has 1 aliphatic carbocycles. The highest BCUT2D eigenvalue weighted by atomic mass is 16.5. The van der Waals surface area contributed by atoms with Crippen LogP contribution in [0, 0.1) is 0 Å². The summed E-state index contributed by atoms with van der Waals surface area (Å²) in [6.45, 7) is 3.71. The third-order valence-corrected chi connectivity index (χ3v) is 3.78. The summed E-state index contributed by atoms with van der Waals surface area (Å²) in [4.78, 5) is 6.99. The summed E-state index contributed by atoms with van der Waals surface area (Å²) in [5, 5.41) is 3.40. The standard InChI is InChI=1S/C14H21N3O/c1-17-7-8-18-12(10-17)9-15-14-6-5-11-3-2-4-13(11)16-14/h5-6,12H,2-4,7-10H2,1H3,(H,15,16). The van der Waals surface area contributed by atoms with Gasteiger partial charge >= 0.3 is 0 Å². The van der Waals surface area contributed by atoms with Crippen LogP contribution >= 0.6 is 0 Å². The van der Waals surface area contributed by atoms with Crippen molar-refractivity contribution in [3.05, 3.63) is 23.4 Å². The van der Waals surface area contributed by atoms with E-state index in [-0.39, 0.29) is 6.10 Å². The number of morpholine rings is 1. The van der Waals surface area contributed by atoms with Gasteiger partial charge < -0.3 is 15.0 Å². The van der Waals surface area contributed by atoms with Crippen molar-refractivity contribution in [1.29, 1.82) is 0 Å². The summed E-state index contributed by atoms with van der Waals surface area (Å²) in [6, 6.07) is 4.31. The quantitative estimate of drug-likeness (QED) is 0.874. The van der Waals surface area contributed by atoms with Crippen molar-refractivity contribution in [2.75, 3.05) is 38.6 Å². The lowest BCUT2D eigenvalue weighted by Gasteiger charge is -2.30. The van der Waals surface area contributed by atoms with E-state index in [9.17, 15) is 0 Å². The fourth-order valence-electron chi connectivity index (χ4n) is 2.73. The van der Waals surface area contributed by atoms with E-state index in [0.717, 1.165) is 38.5 Å². The molecule has 3 rings (SSSR count). The molecule has 1 aromatic rings. The maximum atomic E-state index is 5.73. The zero-order chi connectivity index (χ0) is 12.4. The number of hydrogen-bond donors (Lipinski definition) is 1. The van der Waals surface area contributed by atoms with Gasteiger partial charge in [-0.05, 0) is 37.9 Å². The predicted molar refractivity (Wildman–Crippen MR) is 72.0 cm³/mol. The minimum absolute atomic E-state index is 0.277. The van der Waals surface area contributed by atoms with Crippen molar-refractivity contribution < 1.29 is 4.74 Å². The fourth-order valence-corrected chi connectivity index (χ4v) is 2.73. The molecule has 1 N–H and O–H groups in total. The number of hydrogen-bond acceptors (Lipinski definition) is 4. The van der Waals surface area contributed by atoms with Crippen LogP contribution in [-0.2, 0) is 17.6 Å². The molecule has 1 saturated heterocycles. The molecule has 0 bridgehead atoms. The first-order chi connectivity index (χ1) is 8.81. The molecule has 0 aromatic carbocycles. The zero-order valence-corrected chi connectivity index (χ0v) is 11.0. The van der Waals surface area contributed by atoms with Gasteiger partial charge in [0.25, 0.3) is 0 Å². The van der Waals surface area contributed by atoms with Gasteiger partial charge in [-0.2, -0.15) is 0 Å². The molecule has 0 radical (unpaired) electrons. The van der Waals surface area contributed by atoms with Crippen LogP contribution in [-0.4, -0.2) is 49.3 Å². The Hall–Kier alpha value is -1.13. The predicted octanol–water partition coefficient (Wildman–Crippen LogP) is 1.31. The first-order valence-corrected chi connectivity index (χ1v) is 6.84. The van der Waals surface area contributed by atoms with E-state index in [2.05, 4.69) is 34.4 Å². The zero-order valence-electron chi connectivity index (χ0n) is 11.0. The molecule has 0 amide bonds. The van der Waals surface area contributed by atoms with Gasteiger partial charge in [-0.25, -0.2) is 4.98 Å². The molecule has 18 heavy (non-hydrogen) atoms. The molecule has 0 saturated carbocycles. The SMILES string of the molecule is CN1CCOC(CNc2ccc3c(n2)CCC3)C1. The number of likely N-dealkylation sites (N-methyl/N-ethyl adjacent to an activating group) is 1. The van der Waals surface area contributed by atoms with Crippen LogP contribution in [0.1, 0.15) is 17.7 Å². The Morgan fingerprint density at radius 1 is 1.44 bits per heavy atom. The summed E-state index contributed by atoms with van der Waals surface area (Å²) < 4.78 is 5.73. The summed E-state index contributed by atoms with van der Waals surface area (Å²) in [6.07, 6.45) is 3.86. The van der Waals surface area contributed by atoms with Crippen LogP contribution in [0.2, 0.25) is 0 Å². The fraction of sp³-hybridized carbons (Fsp3) is 0.643. The number of nitrogens with one attached hydrogen (secondary N) is 1. The second kappa shape index (κ2) is 5.24. The lowest BCUT2D eigenvalue weighted by Crippen LogP contribution is -2.43. The van der Waals surface area contributed by atoms with Crippen molar-refractivity contribution in [2.45, 2.75) is 25.4 Å². The lowest BCUT2D eigenvalue weighted by molar-refractivity contribution is -0.0117. The number of nitrogens with zero attached hydrogens (tertiary/aromatic N) is 2. The van der Waals surface area contributed by atoms with Crippen molar-refractivity contribution in [3.8, 4) is 0 Å². The van der Waals surface area contributed by atoms with E-state index in [4.69, 9.17) is 4.74 Å². The summed E-state index contributed by atoms with van der Waals surface area (Å²) in [5.41, 5.74) is 2.70. The second-order valence-corrected chi connectivity index (χ2v) is 5.29. The minimum atomic E-state index is 0.277. The Balaban J connectivity index is 1.56. The molecule has 1 fully saturated rings. The van der Waals surface area contributed by atoms with E-state index in [1.807, 2.05) is 0 Å². The normalized spacial score (nSPS) is 23.9. The molecule has 4 nitrogen and oxygen atoms in total. The molecule has 0 spiro atoms. The van der Waals surface area contributed by atoms with Crippen LogP contribution in [0.4, 0.5) is 5.82 Å². The average Bonchev–Trinajstić information content (AvgIpc) is 2.84. The van der Waals surface area contributed by atoms with Crippen LogP contribution < -0.4 is 5.32 Å². The Morgan fingerprint density at radius 3 is 3.28 bits per heavy atom. The van der Waals surface area contributed by atoms with Crippen LogP contribution in [0.15, 0.2) is 12.1 Å². The number of pyridine rings is 1. The van der Waals surface area contributed by atoms with Crippen LogP contribution in [0.25, 0.3) is 0 Å². The molecule has 1 atom stereocenters. The van der Waals surface area contributed by atoms with Crippen molar-refractivity contribution >= 4 is 5.82 Å². The maximum absolute atomic E-state index is 5.73. The monoisotopic (exact) mass is 247 g/mol. The van der Waals surface area contributed by atoms with E-state index in [1.165, 1.54) is 24.1 Å². The van der Waals surface area contributed by atoms with Crippen LogP contribution in [0.5, 0.6) is 0 Å². The second-order valence-electron chi connectivity index (χ2n) is 5.29. The number of rotatable bonds is 3. The molecule has 1 aromatic heterocycles. The molecule has 4 heteroatoms. The molecule has 2 heterocycles. The van der Waals surface area contributed by atoms with E-state index in [1.54, 1.807) is 0 Å². The Bertz CT molecular complexity index is 422. The van der Waals surface area contributed by atoms with E-state index >= 15 is 0 Å². The van der Waals surface area contributed by atoms with Gasteiger partial charge in [0.1, 0.15) is 5.82 Å². The smallest absolute Gasteiger partial charge is 0.126 e. The first kappa shape index (κ1) is 11.9. The summed E-state index contributed by atoms with van der Waals surface area (Å²) in [7, 11) is 2.14. The Kier molecular flexibility index (Phi) is 3.48.